The summed E-state index contributed by atoms with van der Waals surface area (Å²) in [7, 11) is 0. The minimum Gasteiger partial charge on any atom is -0.302 e. The lowest BCUT2D eigenvalue weighted by molar-refractivity contribution is 0.0950. The van der Waals surface area contributed by atoms with Crippen molar-refractivity contribution in [3.05, 3.63) is 75.4 Å². The Morgan fingerprint density at radius 1 is 0.826 bits per heavy atom. The van der Waals surface area contributed by atoms with E-state index in [-0.39, 0.29) is 11.0 Å². The molecule has 0 aliphatic carbocycles. The number of aryl methyl sites for hydroxylation is 4. The van der Waals surface area contributed by atoms with Crippen LogP contribution in [0.1, 0.15) is 143 Å². The van der Waals surface area contributed by atoms with Crippen molar-refractivity contribution in [3.8, 4) is 0 Å². The Morgan fingerprint density at radius 2 is 1.48 bits per heavy atom. The number of hydrogen-bond donors (Lipinski definition) is 0. The van der Waals surface area contributed by atoms with Gasteiger partial charge in [0.05, 0.1) is 0 Å². The number of Topliss-reactive ketones (excluding diaryl/α,β-unsaturated/α-hetero) is 1. The van der Waals surface area contributed by atoms with Crippen molar-refractivity contribution < 1.29 is 4.79 Å². The zero-order valence-electron chi connectivity index (χ0n) is 31.8. The van der Waals surface area contributed by atoms with Gasteiger partial charge in [-0.15, -0.1) is 0 Å². The second kappa shape index (κ2) is 16.7. The lowest BCUT2D eigenvalue weighted by Gasteiger charge is -2.34. The van der Waals surface area contributed by atoms with Crippen LogP contribution in [0.5, 0.6) is 0 Å². The largest absolute Gasteiger partial charge is 0.302 e. The minimum absolute atomic E-state index is 0.227. The summed E-state index contributed by atoms with van der Waals surface area (Å²) in [6.07, 6.45) is 9.62. The van der Waals surface area contributed by atoms with Crippen molar-refractivity contribution in [2.45, 2.75) is 139 Å². The molecule has 0 amide bonds. The number of carbonyl (C=O) groups excluding carboxylic acids is 1. The van der Waals surface area contributed by atoms with Gasteiger partial charge >= 0.3 is 0 Å². The van der Waals surface area contributed by atoms with Gasteiger partial charge in [-0.2, -0.15) is 0 Å². The van der Waals surface area contributed by atoms with Crippen LogP contribution < -0.4 is 0 Å². The highest BCUT2D eigenvalue weighted by Crippen LogP contribution is 2.32. The van der Waals surface area contributed by atoms with Gasteiger partial charge in [-0.3, -0.25) is 9.69 Å². The fourth-order valence-electron chi connectivity index (χ4n) is 7.47. The van der Waals surface area contributed by atoms with Crippen molar-refractivity contribution in [2.75, 3.05) is 32.7 Å². The number of allylic oxidation sites excluding steroid dienone is 1. The van der Waals surface area contributed by atoms with Crippen LogP contribution in [0.2, 0.25) is 0 Å². The van der Waals surface area contributed by atoms with Gasteiger partial charge in [-0.05, 0) is 181 Å². The van der Waals surface area contributed by atoms with Crippen LogP contribution in [-0.2, 0) is 12.8 Å². The minimum atomic E-state index is 0.227. The van der Waals surface area contributed by atoms with Crippen LogP contribution in [0.25, 0.3) is 5.57 Å². The number of rotatable bonds is 14. The molecule has 0 radical (unpaired) electrons. The van der Waals surface area contributed by atoms with E-state index >= 15 is 0 Å². The Bertz CT molecular complexity index is 1300. The summed E-state index contributed by atoms with van der Waals surface area (Å²) < 4.78 is 0. The zero-order valence-corrected chi connectivity index (χ0v) is 31.8. The zero-order chi connectivity index (χ0) is 34.2. The number of hydrogen-bond acceptors (Lipinski definition) is 3. The fourth-order valence-corrected chi connectivity index (χ4v) is 7.47. The first-order valence-electron chi connectivity index (χ1n) is 18.4. The fraction of sp³-hybridized carbons (Fsp3) is 0.651. The molecule has 256 valence electrons. The first kappa shape index (κ1) is 38.2. The molecule has 2 aromatic carbocycles. The van der Waals surface area contributed by atoms with Gasteiger partial charge in [0, 0.05) is 30.6 Å². The topological polar surface area (TPSA) is 23.6 Å². The van der Waals surface area contributed by atoms with E-state index in [9.17, 15) is 4.79 Å². The van der Waals surface area contributed by atoms with Crippen LogP contribution in [-0.4, -0.2) is 53.8 Å². The first-order chi connectivity index (χ1) is 21.5. The number of carbonyl (C=O) groups is 1. The van der Waals surface area contributed by atoms with Gasteiger partial charge in [-0.25, -0.2) is 0 Å². The Hall–Kier alpha value is -2.23. The SMILES string of the molecule is C=C(CC(C)(C)C)c1cc(C)c(CC)c(CCCCC(CCN2CCCN(C(C)(C)C)CC2)CC(=O)c2cc(C)c(C)c(C)c2)c1. The molecule has 0 bridgehead atoms. The van der Waals surface area contributed by atoms with E-state index in [2.05, 4.69) is 117 Å². The molecule has 1 aliphatic heterocycles. The molecule has 3 heteroatoms. The summed E-state index contributed by atoms with van der Waals surface area (Å²) in [5.41, 5.74) is 12.1. The van der Waals surface area contributed by atoms with E-state index in [1.807, 2.05) is 0 Å². The average molecular weight is 629 g/mol. The average Bonchev–Trinajstić information content (AvgIpc) is 3.21. The van der Waals surface area contributed by atoms with E-state index in [1.165, 1.54) is 70.4 Å². The standard InChI is InChI=1S/C43H68N2O/c1-13-40-33(4)27-38(34(5)30-42(7,8)9)29-37(40)18-15-14-17-36(28-41(46)39-25-31(2)35(6)32(3)26-39)19-22-44-20-16-21-45(24-23-44)43(10,11)12/h25-27,29,36H,5,13-24,28,30H2,1-4,6-12H3. The predicted octanol–water partition coefficient (Wildman–Crippen LogP) is 10.7. The third kappa shape index (κ3) is 11.5. The third-order valence-corrected chi connectivity index (χ3v) is 10.5. The maximum atomic E-state index is 13.7. The molecule has 1 unspecified atom stereocenters. The molecule has 0 aromatic heterocycles. The molecule has 3 rings (SSSR count). The van der Waals surface area contributed by atoms with E-state index in [4.69, 9.17) is 0 Å². The highest BCUT2D eigenvalue weighted by Gasteiger charge is 2.25. The molecule has 0 spiro atoms. The summed E-state index contributed by atoms with van der Waals surface area (Å²) in [6.45, 7) is 35.1. The molecule has 0 N–H and O–H groups in total. The van der Waals surface area contributed by atoms with Gasteiger partial charge in [0.15, 0.2) is 5.78 Å². The summed E-state index contributed by atoms with van der Waals surface area (Å²) >= 11 is 0. The van der Waals surface area contributed by atoms with Crippen molar-refractivity contribution in [3.63, 3.8) is 0 Å². The smallest absolute Gasteiger partial charge is 0.163 e. The summed E-state index contributed by atoms with van der Waals surface area (Å²) in [6, 6.07) is 9.03. The maximum absolute atomic E-state index is 13.7. The Labute approximate surface area is 284 Å². The van der Waals surface area contributed by atoms with Crippen LogP contribution in [0.4, 0.5) is 0 Å². The monoisotopic (exact) mass is 629 g/mol. The van der Waals surface area contributed by atoms with Crippen molar-refractivity contribution in [1.29, 1.82) is 0 Å². The van der Waals surface area contributed by atoms with E-state index < -0.39 is 0 Å². The number of unbranched alkanes of at least 4 members (excludes halogenated alkanes) is 1. The quantitative estimate of drug-likeness (QED) is 0.154. The Balaban J connectivity index is 1.69. The number of ketones is 1. The van der Waals surface area contributed by atoms with Crippen LogP contribution in [0.15, 0.2) is 30.8 Å². The second-order valence-corrected chi connectivity index (χ2v) is 16.7. The van der Waals surface area contributed by atoms with E-state index in [0.29, 0.717) is 18.1 Å². The molecule has 1 saturated heterocycles. The lowest BCUT2D eigenvalue weighted by Crippen LogP contribution is -2.43. The summed E-state index contributed by atoms with van der Waals surface area (Å²) in [5, 5.41) is 0. The normalized spacial score (nSPS) is 16.0. The second-order valence-electron chi connectivity index (χ2n) is 16.7. The predicted molar refractivity (Wildman–Crippen MR) is 201 cm³/mol. The van der Waals surface area contributed by atoms with Crippen LogP contribution >= 0.6 is 0 Å². The molecule has 1 fully saturated rings. The van der Waals surface area contributed by atoms with Gasteiger partial charge in [-0.1, -0.05) is 52.8 Å². The van der Waals surface area contributed by atoms with E-state index in [0.717, 1.165) is 63.7 Å². The van der Waals surface area contributed by atoms with Crippen molar-refractivity contribution in [2.24, 2.45) is 11.3 Å². The van der Waals surface area contributed by atoms with Gasteiger partial charge in [0.1, 0.15) is 0 Å². The third-order valence-electron chi connectivity index (χ3n) is 10.5. The molecule has 1 aliphatic rings. The molecule has 1 heterocycles. The summed E-state index contributed by atoms with van der Waals surface area (Å²) in [4.78, 5) is 19.0. The van der Waals surface area contributed by atoms with E-state index in [1.54, 1.807) is 0 Å². The molecular weight excluding hydrogens is 560 g/mol. The summed E-state index contributed by atoms with van der Waals surface area (Å²) in [5.74, 6) is 0.738. The molecule has 2 aromatic rings. The Morgan fingerprint density at radius 3 is 2.09 bits per heavy atom. The highest BCUT2D eigenvalue weighted by atomic mass is 16.1. The maximum Gasteiger partial charge on any atom is 0.163 e. The highest BCUT2D eigenvalue weighted by molar-refractivity contribution is 5.96. The molecule has 1 atom stereocenters. The van der Waals surface area contributed by atoms with Gasteiger partial charge < -0.3 is 4.90 Å². The molecular formula is C43H68N2O. The molecule has 3 nitrogen and oxygen atoms in total. The number of nitrogens with zero attached hydrogens (tertiary/aromatic N) is 2. The number of benzene rings is 2. The molecule has 0 saturated carbocycles. The van der Waals surface area contributed by atoms with Crippen LogP contribution in [0.3, 0.4) is 0 Å². The van der Waals surface area contributed by atoms with Crippen molar-refractivity contribution >= 4 is 11.4 Å². The van der Waals surface area contributed by atoms with Crippen LogP contribution in [0, 0.1) is 39.0 Å². The van der Waals surface area contributed by atoms with Gasteiger partial charge in [0.2, 0.25) is 0 Å². The molecule has 46 heavy (non-hydrogen) atoms. The lowest BCUT2D eigenvalue weighted by atomic mass is 9.83. The van der Waals surface area contributed by atoms with Crippen molar-refractivity contribution in [1.82, 2.24) is 9.80 Å². The van der Waals surface area contributed by atoms with Gasteiger partial charge in [0.25, 0.3) is 0 Å². The Kier molecular flexibility index (Phi) is 13.9. The first-order valence-corrected chi connectivity index (χ1v) is 18.4.